The average Bonchev–Trinajstić information content (AvgIpc) is 2.96. The fraction of sp³-hybridized carbons (Fsp3) is 0.281. The van der Waals surface area contributed by atoms with Crippen molar-refractivity contribution in [2.45, 2.75) is 38.3 Å². The van der Waals surface area contributed by atoms with E-state index in [1.54, 1.807) is 12.1 Å². The summed E-state index contributed by atoms with van der Waals surface area (Å²) >= 11 is 5.93. The fourth-order valence-electron chi connectivity index (χ4n) is 4.54. The van der Waals surface area contributed by atoms with Gasteiger partial charge < -0.3 is 15.4 Å². The lowest BCUT2D eigenvalue weighted by Gasteiger charge is -2.24. The summed E-state index contributed by atoms with van der Waals surface area (Å²) in [5, 5.41) is 6.61. The predicted molar refractivity (Wildman–Crippen MR) is 152 cm³/mol. The Labute approximate surface area is 234 Å². The van der Waals surface area contributed by atoms with E-state index in [1.165, 1.54) is 0 Å². The molecular formula is C32H33ClN2O4. The minimum Gasteiger partial charge on any atom is -0.463 e. The molecule has 0 spiro atoms. The van der Waals surface area contributed by atoms with Crippen molar-refractivity contribution in [3.05, 3.63) is 119 Å². The molecule has 0 aromatic heterocycles. The second-order valence-electron chi connectivity index (χ2n) is 9.74. The zero-order valence-electron chi connectivity index (χ0n) is 21.7. The molecule has 0 saturated heterocycles. The SMILES string of the molecule is O=C(C[C@@H]1C/C=C\C[C@H](Cc2ccccc2)C(=O)N[C@H](c2ccccc2)COC1=O)NCc1ccc(Cl)cc1. The van der Waals surface area contributed by atoms with E-state index in [9.17, 15) is 14.4 Å². The molecule has 0 unspecified atom stereocenters. The summed E-state index contributed by atoms with van der Waals surface area (Å²) in [5.41, 5.74) is 2.85. The molecule has 39 heavy (non-hydrogen) atoms. The molecule has 3 atom stereocenters. The first-order chi connectivity index (χ1) is 19.0. The van der Waals surface area contributed by atoms with Crippen LogP contribution in [0.5, 0.6) is 0 Å². The van der Waals surface area contributed by atoms with Crippen molar-refractivity contribution in [1.82, 2.24) is 10.6 Å². The molecule has 4 rings (SSSR count). The summed E-state index contributed by atoms with van der Waals surface area (Å²) in [4.78, 5) is 39.2. The molecule has 202 valence electrons. The maximum atomic E-state index is 13.4. The van der Waals surface area contributed by atoms with E-state index in [2.05, 4.69) is 10.6 Å². The predicted octanol–water partition coefficient (Wildman–Crippen LogP) is 5.57. The number of hydrogen-bond acceptors (Lipinski definition) is 4. The number of halogens is 1. The van der Waals surface area contributed by atoms with Crippen LogP contribution in [0.3, 0.4) is 0 Å². The number of benzene rings is 3. The first-order valence-electron chi connectivity index (χ1n) is 13.2. The van der Waals surface area contributed by atoms with Crippen LogP contribution in [0, 0.1) is 11.8 Å². The van der Waals surface area contributed by atoms with E-state index >= 15 is 0 Å². The highest BCUT2D eigenvalue weighted by molar-refractivity contribution is 6.30. The van der Waals surface area contributed by atoms with Gasteiger partial charge in [-0.25, -0.2) is 0 Å². The maximum absolute atomic E-state index is 13.4. The number of amides is 2. The minimum absolute atomic E-state index is 0.00652. The molecule has 0 radical (unpaired) electrons. The summed E-state index contributed by atoms with van der Waals surface area (Å²) in [6.45, 7) is 0.330. The van der Waals surface area contributed by atoms with Crippen LogP contribution in [0.2, 0.25) is 5.02 Å². The number of cyclic esters (lactones) is 1. The lowest BCUT2D eigenvalue weighted by Crippen LogP contribution is -2.38. The molecule has 2 N–H and O–H groups in total. The Kier molecular flexibility index (Phi) is 10.3. The van der Waals surface area contributed by atoms with Gasteiger partial charge in [-0.3, -0.25) is 14.4 Å². The van der Waals surface area contributed by atoms with Gasteiger partial charge in [-0.1, -0.05) is 96.5 Å². The van der Waals surface area contributed by atoms with Crippen LogP contribution in [0.4, 0.5) is 0 Å². The maximum Gasteiger partial charge on any atom is 0.309 e. The van der Waals surface area contributed by atoms with Crippen molar-refractivity contribution in [2.75, 3.05) is 6.61 Å². The largest absolute Gasteiger partial charge is 0.463 e. The Bertz CT molecular complexity index is 1260. The van der Waals surface area contributed by atoms with E-state index in [-0.39, 0.29) is 30.8 Å². The van der Waals surface area contributed by atoms with Gasteiger partial charge in [0.25, 0.3) is 0 Å². The Morgan fingerprint density at radius 3 is 2.18 bits per heavy atom. The van der Waals surface area contributed by atoms with Gasteiger partial charge in [0, 0.05) is 23.9 Å². The van der Waals surface area contributed by atoms with Crippen LogP contribution in [-0.4, -0.2) is 24.4 Å². The number of allylic oxidation sites excluding steroid dienone is 2. The van der Waals surface area contributed by atoms with Crippen LogP contribution < -0.4 is 10.6 Å². The first-order valence-corrected chi connectivity index (χ1v) is 13.6. The molecule has 3 aromatic rings. The summed E-state index contributed by atoms with van der Waals surface area (Å²) < 4.78 is 5.69. The van der Waals surface area contributed by atoms with Crippen LogP contribution >= 0.6 is 11.6 Å². The molecule has 7 heteroatoms. The number of rotatable bonds is 7. The number of hydrogen-bond donors (Lipinski definition) is 2. The highest BCUT2D eigenvalue weighted by atomic mass is 35.5. The lowest BCUT2D eigenvalue weighted by atomic mass is 9.93. The topological polar surface area (TPSA) is 84.5 Å². The molecule has 3 aromatic carbocycles. The van der Waals surface area contributed by atoms with Gasteiger partial charge in [-0.15, -0.1) is 0 Å². The van der Waals surface area contributed by atoms with Crippen molar-refractivity contribution in [1.29, 1.82) is 0 Å². The van der Waals surface area contributed by atoms with Gasteiger partial charge in [-0.05, 0) is 48.1 Å². The standard InChI is InChI=1S/C32H33ClN2O4/c33-28-17-15-24(16-18-28)21-34-30(36)20-27-14-8-7-13-26(19-23-9-3-1-4-10-23)31(37)35-29(22-39-32(27)38)25-11-5-2-6-12-25/h1-12,15-18,26-27,29H,13-14,19-22H2,(H,34,36)(H,35,37)/b8-7-/t26-,27+,29+/m1/s1. The van der Waals surface area contributed by atoms with Gasteiger partial charge in [0.1, 0.15) is 6.61 Å². The smallest absolute Gasteiger partial charge is 0.309 e. The normalized spacial score (nSPS) is 21.0. The van der Waals surface area contributed by atoms with E-state index in [4.69, 9.17) is 16.3 Å². The molecule has 1 aliphatic heterocycles. The molecule has 0 bridgehead atoms. The van der Waals surface area contributed by atoms with Gasteiger partial charge >= 0.3 is 5.97 Å². The molecule has 1 heterocycles. The zero-order valence-corrected chi connectivity index (χ0v) is 22.5. The van der Waals surface area contributed by atoms with E-state index in [1.807, 2.05) is 84.9 Å². The Balaban J connectivity index is 1.48. The van der Waals surface area contributed by atoms with Crippen LogP contribution in [0.1, 0.15) is 42.0 Å². The highest BCUT2D eigenvalue weighted by Crippen LogP contribution is 2.21. The molecule has 0 fully saturated rings. The number of ether oxygens (including phenoxy) is 1. The summed E-state index contributed by atoms with van der Waals surface area (Å²) in [7, 11) is 0. The van der Waals surface area contributed by atoms with Crippen molar-refractivity contribution >= 4 is 29.4 Å². The monoisotopic (exact) mass is 544 g/mol. The van der Waals surface area contributed by atoms with Crippen LogP contribution in [0.25, 0.3) is 0 Å². The summed E-state index contributed by atoms with van der Waals surface area (Å²) in [6.07, 6.45) is 5.27. The fourth-order valence-corrected chi connectivity index (χ4v) is 4.67. The highest BCUT2D eigenvalue weighted by Gasteiger charge is 2.27. The quantitative estimate of drug-likeness (QED) is 0.301. The molecule has 2 amide bonds. The zero-order chi connectivity index (χ0) is 27.5. The molecule has 0 saturated carbocycles. The second-order valence-corrected chi connectivity index (χ2v) is 10.2. The van der Waals surface area contributed by atoms with Crippen LogP contribution in [0.15, 0.2) is 97.1 Å². The van der Waals surface area contributed by atoms with E-state index < -0.39 is 17.9 Å². The number of carbonyl (C=O) groups is 3. The second kappa shape index (κ2) is 14.3. The van der Waals surface area contributed by atoms with Gasteiger partial charge in [0.15, 0.2) is 0 Å². The number of esters is 1. The number of carbonyl (C=O) groups excluding carboxylic acids is 3. The third-order valence-electron chi connectivity index (χ3n) is 6.78. The molecular weight excluding hydrogens is 512 g/mol. The minimum atomic E-state index is -0.634. The summed E-state index contributed by atoms with van der Waals surface area (Å²) in [6, 6.07) is 26.1. The van der Waals surface area contributed by atoms with Crippen LogP contribution in [-0.2, 0) is 32.1 Å². The Morgan fingerprint density at radius 2 is 1.49 bits per heavy atom. The van der Waals surface area contributed by atoms with E-state index in [0.717, 1.165) is 16.7 Å². The van der Waals surface area contributed by atoms with Gasteiger partial charge in [0.05, 0.1) is 12.0 Å². The first kappa shape index (κ1) is 28.1. The molecule has 0 aliphatic carbocycles. The van der Waals surface area contributed by atoms with Crippen molar-refractivity contribution in [3.63, 3.8) is 0 Å². The summed E-state index contributed by atoms with van der Waals surface area (Å²) in [5.74, 6) is -1.70. The Hall–Kier alpha value is -3.90. The molecule has 6 nitrogen and oxygen atoms in total. The van der Waals surface area contributed by atoms with Crippen molar-refractivity contribution < 1.29 is 19.1 Å². The van der Waals surface area contributed by atoms with Crippen molar-refractivity contribution in [3.8, 4) is 0 Å². The Morgan fingerprint density at radius 1 is 0.846 bits per heavy atom. The number of nitrogens with one attached hydrogen (secondary N) is 2. The lowest BCUT2D eigenvalue weighted by molar-refractivity contribution is -0.151. The third kappa shape index (κ3) is 8.82. The van der Waals surface area contributed by atoms with Gasteiger partial charge in [0.2, 0.25) is 11.8 Å². The van der Waals surface area contributed by atoms with Crippen molar-refractivity contribution in [2.24, 2.45) is 11.8 Å². The third-order valence-corrected chi connectivity index (χ3v) is 7.03. The average molecular weight is 545 g/mol. The van der Waals surface area contributed by atoms with E-state index in [0.29, 0.717) is 30.8 Å². The van der Waals surface area contributed by atoms with Gasteiger partial charge in [-0.2, -0.15) is 0 Å². The molecule has 1 aliphatic rings.